The minimum absolute atomic E-state index is 0.445. The van der Waals surface area contributed by atoms with Crippen LogP contribution in [0.3, 0.4) is 0 Å². The molecule has 4 nitrogen and oxygen atoms in total. The number of nitrogens with zero attached hydrogens (tertiary/aromatic N) is 2. The number of thiophene rings is 1. The van der Waals surface area contributed by atoms with E-state index in [1.807, 2.05) is 6.07 Å². The largest absolute Gasteiger partial charge is 0.477 e. The van der Waals surface area contributed by atoms with Crippen LogP contribution in [0.2, 0.25) is 0 Å². The predicted octanol–water partition coefficient (Wildman–Crippen LogP) is 5.68. The molecule has 28 heavy (non-hydrogen) atoms. The maximum atomic E-state index is 11.7. The Morgan fingerprint density at radius 1 is 1.18 bits per heavy atom. The van der Waals surface area contributed by atoms with Gasteiger partial charge in [-0.1, -0.05) is 49.6 Å². The Balaban J connectivity index is 1.96. The van der Waals surface area contributed by atoms with E-state index >= 15 is 0 Å². The van der Waals surface area contributed by atoms with Gasteiger partial charge >= 0.3 is 5.97 Å². The number of aromatic nitrogens is 1. The highest BCUT2D eigenvalue weighted by atomic mass is 32.1. The summed E-state index contributed by atoms with van der Waals surface area (Å²) in [4.78, 5) is 14.3. The Hall–Kier alpha value is -2.11. The lowest BCUT2D eigenvalue weighted by molar-refractivity contribution is 0.0702. The molecule has 0 atom stereocenters. The Labute approximate surface area is 170 Å². The van der Waals surface area contributed by atoms with Crippen molar-refractivity contribution < 1.29 is 9.90 Å². The second-order valence-corrected chi connectivity index (χ2v) is 9.10. The molecular weight excluding hydrogens is 368 g/mol. The maximum absolute atomic E-state index is 11.7. The van der Waals surface area contributed by atoms with E-state index in [2.05, 4.69) is 53.9 Å². The van der Waals surface area contributed by atoms with Crippen molar-refractivity contribution in [1.29, 1.82) is 0 Å². The molecule has 0 amide bonds. The van der Waals surface area contributed by atoms with Crippen molar-refractivity contribution in [2.75, 3.05) is 20.6 Å². The number of carboxylic acids is 1. The zero-order valence-electron chi connectivity index (χ0n) is 16.6. The molecule has 0 saturated heterocycles. The molecule has 1 saturated carbocycles. The van der Waals surface area contributed by atoms with Crippen LogP contribution in [-0.2, 0) is 6.54 Å². The van der Waals surface area contributed by atoms with Crippen LogP contribution in [0.25, 0.3) is 21.5 Å². The highest BCUT2D eigenvalue weighted by Gasteiger charge is 2.28. The van der Waals surface area contributed by atoms with Crippen LogP contribution in [-0.4, -0.2) is 41.2 Å². The fourth-order valence-electron chi connectivity index (χ4n) is 4.46. The molecule has 0 bridgehead atoms. The van der Waals surface area contributed by atoms with Crippen molar-refractivity contribution in [1.82, 2.24) is 9.47 Å². The lowest BCUT2D eigenvalue weighted by Gasteiger charge is -2.24. The van der Waals surface area contributed by atoms with Crippen LogP contribution >= 0.6 is 11.3 Å². The molecule has 1 N–H and O–H groups in total. The minimum Gasteiger partial charge on any atom is -0.477 e. The molecule has 1 aliphatic carbocycles. The van der Waals surface area contributed by atoms with Gasteiger partial charge in [-0.25, -0.2) is 4.79 Å². The maximum Gasteiger partial charge on any atom is 0.345 e. The quantitative estimate of drug-likeness (QED) is 0.583. The monoisotopic (exact) mass is 396 g/mol. The van der Waals surface area contributed by atoms with E-state index in [1.165, 1.54) is 65.0 Å². The lowest BCUT2D eigenvalue weighted by Crippen LogP contribution is -2.19. The average molecular weight is 397 g/mol. The van der Waals surface area contributed by atoms with Gasteiger partial charge in [0.1, 0.15) is 4.88 Å². The summed E-state index contributed by atoms with van der Waals surface area (Å²) in [6.45, 7) is 1.78. The molecule has 2 heterocycles. The molecule has 0 spiro atoms. The number of carboxylic acid groups (broad SMARTS) is 1. The molecular formula is C23H28N2O2S. The van der Waals surface area contributed by atoms with Crippen molar-refractivity contribution >= 4 is 27.5 Å². The standard InChI is InChI=1S/C23H28N2O2S/c1-24(2)13-14-25-18-15-19(23(26)27)28-22(18)20(16-9-5-3-6-10-16)21(25)17-11-7-4-8-12-17/h4,7-8,11-12,15-16H,3,5-6,9-10,13-14H2,1-2H3,(H,26,27). The van der Waals surface area contributed by atoms with Crippen LogP contribution in [0, 0.1) is 0 Å². The number of aromatic carboxylic acids is 1. The van der Waals surface area contributed by atoms with Crippen molar-refractivity contribution in [2.45, 2.75) is 44.6 Å². The first-order chi connectivity index (χ1) is 13.6. The molecule has 1 aromatic carbocycles. The number of hydrogen-bond acceptors (Lipinski definition) is 3. The summed E-state index contributed by atoms with van der Waals surface area (Å²) in [5.74, 6) is -0.302. The van der Waals surface area contributed by atoms with Gasteiger partial charge in [0.15, 0.2) is 0 Å². The van der Waals surface area contributed by atoms with Gasteiger partial charge in [0.05, 0.1) is 15.9 Å². The van der Waals surface area contributed by atoms with Crippen molar-refractivity contribution in [3.05, 3.63) is 46.8 Å². The highest BCUT2D eigenvalue weighted by Crippen LogP contribution is 2.46. The van der Waals surface area contributed by atoms with E-state index in [1.54, 1.807) is 0 Å². The zero-order valence-corrected chi connectivity index (χ0v) is 17.5. The molecule has 1 fully saturated rings. The van der Waals surface area contributed by atoms with Gasteiger partial charge in [0.25, 0.3) is 0 Å². The molecule has 4 rings (SSSR count). The summed E-state index contributed by atoms with van der Waals surface area (Å²) in [7, 11) is 4.17. The number of rotatable bonds is 6. The third kappa shape index (κ3) is 3.61. The average Bonchev–Trinajstić information content (AvgIpc) is 3.25. The third-order valence-electron chi connectivity index (χ3n) is 5.82. The second-order valence-electron chi connectivity index (χ2n) is 8.05. The van der Waals surface area contributed by atoms with E-state index in [-0.39, 0.29) is 0 Å². The van der Waals surface area contributed by atoms with E-state index in [4.69, 9.17) is 0 Å². The summed E-state index contributed by atoms with van der Waals surface area (Å²) < 4.78 is 3.55. The van der Waals surface area contributed by atoms with Gasteiger partial charge in [-0.2, -0.15) is 0 Å². The smallest absolute Gasteiger partial charge is 0.345 e. The molecule has 1 aliphatic rings. The van der Waals surface area contributed by atoms with Crippen molar-refractivity contribution in [2.24, 2.45) is 0 Å². The highest BCUT2D eigenvalue weighted by molar-refractivity contribution is 7.21. The van der Waals surface area contributed by atoms with Crippen LogP contribution in [0.4, 0.5) is 0 Å². The van der Waals surface area contributed by atoms with E-state index in [0.29, 0.717) is 10.8 Å². The lowest BCUT2D eigenvalue weighted by atomic mass is 9.83. The first-order valence-electron chi connectivity index (χ1n) is 10.2. The first-order valence-corrected chi connectivity index (χ1v) is 11.0. The topological polar surface area (TPSA) is 45.5 Å². The van der Waals surface area contributed by atoms with Gasteiger partial charge in [0, 0.05) is 13.1 Å². The molecule has 0 radical (unpaired) electrons. The Morgan fingerprint density at radius 3 is 2.54 bits per heavy atom. The third-order valence-corrected chi connectivity index (χ3v) is 6.96. The van der Waals surface area contributed by atoms with Crippen molar-refractivity contribution in [3.8, 4) is 11.3 Å². The van der Waals surface area contributed by atoms with Gasteiger partial charge in [-0.3, -0.25) is 0 Å². The molecule has 3 aromatic rings. The summed E-state index contributed by atoms with van der Waals surface area (Å²) in [6.07, 6.45) is 6.24. The zero-order chi connectivity index (χ0) is 19.7. The minimum atomic E-state index is -0.823. The first kappa shape index (κ1) is 19.2. The number of carbonyl (C=O) groups is 1. The van der Waals surface area contributed by atoms with E-state index < -0.39 is 5.97 Å². The van der Waals surface area contributed by atoms with Gasteiger partial charge < -0.3 is 14.6 Å². The van der Waals surface area contributed by atoms with Crippen LogP contribution in [0.5, 0.6) is 0 Å². The van der Waals surface area contributed by atoms with Crippen LogP contribution in [0.15, 0.2) is 36.4 Å². The fraction of sp³-hybridized carbons (Fsp3) is 0.435. The molecule has 148 valence electrons. The number of fused-ring (bicyclic) bond motifs is 1. The van der Waals surface area contributed by atoms with Crippen LogP contribution in [0.1, 0.15) is 53.3 Å². The molecule has 0 aliphatic heterocycles. The number of benzene rings is 1. The molecule has 5 heteroatoms. The van der Waals surface area contributed by atoms with Gasteiger partial charge in [-0.15, -0.1) is 11.3 Å². The van der Waals surface area contributed by atoms with Crippen molar-refractivity contribution in [3.63, 3.8) is 0 Å². The normalized spacial score (nSPS) is 15.5. The Morgan fingerprint density at radius 2 is 1.89 bits per heavy atom. The van der Waals surface area contributed by atoms with Gasteiger partial charge in [-0.05, 0) is 50.0 Å². The summed E-state index contributed by atoms with van der Waals surface area (Å²) in [6, 6.07) is 12.5. The summed E-state index contributed by atoms with van der Waals surface area (Å²) in [5, 5.41) is 9.59. The van der Waals surface area contributed by atoms with E-state index in [0.717, 1.165) is 18.6 Å². The fourth-order valence-corrected chi connectivity index (χ4v) is 5.59. The van der Waals surface area contributed by atoms with Crippen LogP contribution < -0.4 is 0 Å². The number of likely N-dealkylation sites (N-methyl/N-ethyl adjacent to an activating group) is 1. The SMILES string of the molecule is CN(C)CCn1c(-c2ccccc2)c(C2CCCCC2)c2sc(C(=O)O)cc21. The summed E-state index contributed by atoms with van der Waals surface area (Å²) in [5.41, 5.74) is 5.01. The number of hydrogen-bond donors (Lipinski definition) is 1. The molecule has 2 aromatic heterocycles. The van der Waals surface area contributed by atoms with E-state index in [9.17, 15) is 9.90 Å². The Bertz CT molecular complexity index is 966. The van der Waals surface area contributed by atoms with Gasteiger partial charge in [0.2, 0.25) is 0 Å². The second kappa shape index (κ2) is 8.10. The Kier molecular flexibility index (Phi) is 5.56. The molecule has 0 unspecified atom stereocenters. The predicted molar refractivity (Wildman–Crippen MR) is 117 cm³/mol. The summed E-state index contributed by atoms with van der Waals surface area (Å²) >= 11 is 1.46.